The Kier molecular flexibility index (Phi) is 4.40. The molecule has 0 aromatic heterocycles. The van der Waals surface area contributed by atoms with Crippen molar-refractivity contribution in [3.63, 3.8) is 0 Å². The molecule has 118 valence electrons. The summed E-state index contributed by atoms with van der Waals surface area (Å²) in [6, 6.07) is 7.95. The van der Waals surface area contributed by atoms with Crippen molar-refractivity contribution >= 4 is 23.6 Å². The van der Waals surface area contributed by atoms with E-state index in [9.17, 15) is 14.7 Å². The summed E-state index contributed by atoms with van der Waals surface area (Å²) in [5.41, 5.74) is 1.13. The van der Waals surface area contributed by atoms with Crippen LogP contribution in [0.1, 0.15) is 30.1 Å². The van der Waals surface area contributed by atoms with E-state index in [1.807, 2.05) is 18.2 Å². The van der Waals surface area contributed by atoms with Crippen molar-refractivity contribution in [1.29, 1.82) is 0 Å². The molecule has 1 amide bonds. The van der Waals surface area contributed by atoms with Crippen molar-refractivity contribution in [3.05, 3.63) is 35.4 Å². The second kappa shape index (κ2) is 6.30. The van der Waals surface area contributed by atoms with E-state index in [2.05, 4.69) is 11.4 Å². The number of ether oxygens (including phenoxy) is 1. The predicted molar refractivity (Wildman–Crippen MR) is 83.9 cm³/mol. The van der Waals surface area contributed by atoms with Crippen LogP contribution in [0.2, 0.25) is 0 Å². The van der Waals surface area contributed by atoms with Crippen LogP contribution < -0.4 is 5.32 Å². The van der Waals surface area contributed by atoms with Crippen LogP contribution in [-0.4, -0.2) is 40.6 Å². The van der Waals surface area contributed by atoms with Gasteiger partial charge in [-0.3, -0.25) is 4.79 Å². The predicted octanol–water partition coefficient (Wildman–Crippen LogP) is 1.77. The van der Waals surface area contributed by atoms with Crippen LogP contribution in [-0.2, 0) is 20.7 Å². The number of hydrogen-bond acceptors (Lipinski definition) is 4. The third-order valence-corrected chi connectivity index (χ3v) is 5.46. The Morgan fingerprint density at radius 3 is 2.95 bits per heavy atom. The molecule has 2 N–H and O–H groups in total. The van der Waals surface area contributed by atoms with Gasteiger partial charge in [-0.25, -0.2) is 4.79 Å². The minimum Gasteiger partial charge on any atom is -0.479 e. The van der Waals surface area contributed by atoms with Gasteiger partial charge in [0.25, 0.3) is 0 Å². The van der Waals surface area contributed by atoms with Crippen molar-refractivity contribution in [2.75, 3.05) is 18.1 Å². The van der Waals surface area contributed by atoms with Crippen molar-refractivity contribution in [3.8, 4) is 0 Å². The lowest BCUT2D eigenvalue weighted by molar-refractivity contribution is -0.147. The molecule has 5 nitrogen and oxygen atoms in total. The van der Waals surface area contributed by atoms with Gasteiger partial charge >= 0.3 is 5.97 Å². The Hall–Kier alpha value is -1.53. The number of aliphatic carboxylic acids is 1. The number of carboxylic acid groups (broad SMARTS) is 1. The number of rotatable bonds is 4. The lowest BCUT2D eigenvalue weighted by Gasteiger charge is -2.28. The van der Waals surface area contributed by atoms with Crippen LogP contribution >= 0.6 is 11.8 Å². The fraction of sp³-hybridized carbons (Fsp3) is 0.500. The molecule has 2 unspecified atom stereocenters. The minimum atomic E-state index is -1.12. The summed E-state index contributed by atoms with van der Waals surface area (Å²) in [6.07, 6.45) is 1.20. The lowest BCUT2D eigenvalue weighted by Crippen LogP contribution is -2.55. The van der Waals surface area contributed by atoms with E-state index in [4.69, 9.17) is 4.74 Å². The molecule has 1 aromatic carbocycles. The van der Waals surface area contributed by atoms with Gasteiger partial charge in [-0.1, -0.05) is 24.3 Å². The molecule has 0 saturated carbocycles. The average molecular weight is 321 g/mol. The highest BCUT2D eigenvalue weighted by Crippen LogP contribution is 2.31. The van der Waals surface area contributed by atoms with Crippen LogP contribution in [0.4, 0.5) is 0 Å². The van der Waals surface area contributed by atoms with Crippen LogP contribution in [0.3, 0.4) is 0 Å². The SMILES string of the molecule is O=C(CC1OCCc2ccccc21)NC1(C(=O)O)CCSC1. The van der Waals surface area contributed by atoms with Crippen molar-refractivity contribution in [1.82, 2.24) is 5.32 Å². The molecule has 2 aliphatic rings. The number of thioether (sulfide) groups is 1. The highest BCUT2D eigenvalue weighted by Gasteiger charge is 2.43. The van der Waals surface area contributed by atoms with E-state index in [-0.39, 0.29) is 18.4 Å². The van der Waals surface area contributed by atoms with Crippen LogP contribution in [0.15, 0.2) is 24.3 Å². The maximum Gasteiger partial charge on any atom is 0.330 e. The number of benzene rings is 1. The zero-order valence-corrected chi connectivity index (χ0v) is 13.0. The zero-order valence-electron chi connectivity index (χ0n) is 12.2. The quantitative estimate of drug-likeness (QED) is 0.884. The van der Waals surface area contributed by atoms with Crippen molar-refractivity contribution in [2.45, 2.75) is 30.9 Å². The minimum absolute atomic E-state index is 0.163. The van der Waals surface area contributed by atoms with E-state index in [0.717, 1.165) is 17.7 Å². The van der Waals surface area contributed by atoms with Crippen molar-refractivity contribution in [2.24, 2.45) is 0 Å². The average Bonchev–Trinajstić information content (AvgIpc) is 2.97. The van der Waals surface area contributed by atoms with Crippen LogP contribution in [0.5, 0.6) is 0 Å². The number of carbonyl (C=O) groups excluding carboxylic acids is 1. The first-order chi connectivity index (χ1) is 10.6. The van der Waals surface area contributed by atoms with Gasteiger partial charge in [0.15, 0.2) is 0 Å². The molecular formula is C16H19NO4S. The van der Waals surface area contributed by atoms with E-state index >= 15 is 0 Å². The van der Waals surface area contributed by atoms with Gasteiger partial charge in [0.05, 0.1) is 19.1 Å². The maximum absolute atomic E-state index is 12.3. The molecular weight excluding hydrogens is 302 g/mol. The summed E-state index contributed by atoms with van der Waals surface area (Å²) >= 11 is 1.56. The number of nitrogens with one attached hydrogen (secondary N) is 1. The molecule has 1 aromatic rings. The van der Waals surface area contributed by atoms with Gasteiger partial charge in [0.1, 0.15) is 5.54 Å². The van der Waals surface area contributed by atoms with E-state index in [0.29, 0.717) is 18.8 Å². The van der Waals surface area contributed by atoms with Gasteiger partial charge in [0, 0.05) is 5.75 Å². The molecule has 1 fully saturated rings. The Morgan fingerprint density at radius 1 is 1.41 bits per heavy atom. The van der Waals surface area contributed by atoms with E-state index in [1.165, 1.54) is 5.56 Å². The molecule has 0 spiro atoms. The third-order valence-electron chi connectivity index (χ3n) is 4.27. The number of fused-ring (bicyclic) bond motifs is 1. The first-order valence-electron chi connectivity index (χ1n) is 7.42. The zero-order chi connectivity index (χ0) is 15.6. The monoisotopic (exact) mass is 321 g/mol. The van der Waals surface area contributed by atoms with Gasteiger partial charge in [-0.2, -0.15) is 11.8 Å². The second-order valence-electron chi connectivity index (χ2n) is 5.75. The standard InChI is InChI=1S/C16H19NO4S/c18-14(17-16(15(19)20)6-8-22-10-16)9-13-12-4-2-1-3-11(12)5-7-21-13/h1-4,13H,5-10H2,(H,17,18)(H,19,20). The summed E-state index contributed by atoms with van der Waals surface area (Å²) in [7, 11) is 0. The Morgan fingerprint density at radius 2 is 2.23 bits per heavy atom. The number of carbonyl (C=O) groups is 2. The fourth-order valence-electron chi connectivity index (χ4n) is 3.02. The van der Waals surface area contributed by atoms with Gasteiger partial charge in [-0.05, 0) is 29.7 Å². The van der Waals surface area contributed by atoms with Crippen LogP contribution in [0, 0.1) is 0 Å². The Balaban J connectivity index is 1.69. The molecule has 0 radical (unpaired) electrons. The molecule has 2 aliphatic heterocycles. The molecule has 2 heterocycles. The third kappa shape index (κ3) is 2.98. The maximum atomic E-state index is 12.3. The summed E-state index contributed by atoms with van der Waals surface area (Å²) < 4.78 is 5.72. The van der Waals surface area contributed by atoms with Crippen LogP contribution in [0.25, 0.3) is 0 Å². The molecule has 0 aliphatic carbocycles. The Bertz CT molecular complexity index is 583. The van der Waals surface area contributed by atoms with Gasteiger partial charge in [0.2, 0.25) is 5.91 Å². The second-order valence-corrected chi connectivity index (χ2v) is 6.86. The molecule has 2 atom stereocenters. The summed E-state index contributed by atoms with van der Waals surface area (Å²) in [5.74, 6) is -0.0201. The molecule has 22 heavy (non-hydrogen) atoms. The number of amides is 1. The highest BCUT2D eigenvalue weighted by molar-refractivity contribution is 7.99. The van der Waals surface area contributed by atoms with E-state index < -0.39 is 11.5 Å². The molecule has 0 bridgehead atoms. The fourth-order valence-corrected chi connectivity index (χ4v) is 4.34. The smallest absolute Gasteiger partial charge is 0.330 e. The lowest BCUT2D eigenvalue weighted by atomic mass is 9.94. The Labute approximate surface area is 133 Å². The van der Waals surface area contributed by atoms with Crippen molar-refractivity contribution < 1.29 is 19.4 Å². The molecule has 6 heteroatoms. The highest BCUT2D eigenvalue weighted by atomic mass is 32.2. The van der Waals surface area contributed by atoms with Gasteiger partial charge < -0.3 is 15.2 Å². The topological polar surface area (TPSA) is 75.6 Å². The first-order valence-corrected chi connectivity index (χ1v) is 8.58. The molecule has 1 saturated heterocycles. The molecule has 3 rings (SSSR count). The summed E-state index contributed by atoms with van der Waals surface area (Å²) in [4.78, 5) is 23.8. The number of hydrogen-bond donors (Lipinski definition) is 2. The summed E-state index contributed by atoms with van der Waals surface area (Å²) in [5, 5.41) is 12.1. The number of carboxylic acids is 1. The first kappa shape index (κ1) is 15.4. The summed E-state index contributed by atoms with van der Waals surface area (Å²) in [6.45, 7) is 0.592. The van der Waals surface area contributed by atoms with E-state index in [1.54, 1.807) is 11.8 Å². The largest absolute Gasteiger partial charge is 0.479 e. The van der Waals surface area contributed by atoms with Gasteiger partial charge in [-0.15, -0.1) is 0 Å². The normalized spacial score (nSPS) is 27.2.